The Balaban J connectivity index is 2.42. The van der Waals surface area contributed by atoms with E-state index in [0.717, 1.165) is 6.20 Å². The highest BCUT2D eigenvalue weighted by atomic mass is 19.1. The van der Waals surface area contributed by atoms with Gasteiger partial charge in [-0.25, -0.2) is 13.6 Å². The van der Waals surface area contributed by atoms with Gasteiger partial charge in [-0.15, -0.1) is 0 Å². The van der Waals surface area contributed by atoms with Gasteiger partial charge in [-0.3, -0.25) is 4.98 Å². The fourth-order valence-electron chi connectivity index (χ4n) is 1.95. The summed E-state index contributed by atoms with van der Waals surface area (Å²) in [5.41, 5.74) is -0.718. The van der Waals surface area contributed by atoms with Gasteiger partial charge in [0.2, 0.25) is 0 Å². The monoisotopic (exact) mass is 292 g/mol. The molecule has 0 aliphatic rings. The topological polar surface area (TPSA) is 51.2 Å². The predicted octanol–water partition coefficient (Wildman–Crippen LogP) is 2.86. The molecular formula is C15H14F2N2O2. The number of aromatic nitrogens is 1. The van der Waals surface area contributed by atoms with Crippen LogP contribution in [0.3, 0.4) is 0 Å². The standard InChI is InChI=1S/C15H14F2N2O2/c1-15(14(20)21-2,13-7-6-11(17)9-18-13)19-12-5-3-4-10(16)8-12/h3-9,19H,1-2H3. The van der Waals surface area contributed by atoms with Gasteiger partial charge in [-0.2, -0.15) is 0 Å². The number of pyridine rings is 1. The van der Waals surface area contributed by atoms with Crippen LogP contribution in [0.15, 0.2) is 42.6 Å². The summed E-state index contributed by atoms with van der Waals surface area (Å²) >= 11 is 0. The number of anilines is 1. The first-order valence-electron chi connectivity index (χ1n) is 6.20. The Morgan fingerprint density at radius 1 is 1.24 bits per heavy atom. The number of nitrogens with one attached hydrogen (secondary N) is 1. The Bertz CT molecular complexity index is 646. The van der Waals surface area contributed by atoms with Gasteiger partial charge in [0.25, 0.3) is 0 Å². The molecule has 0 radical (unpaired) electrons. The van der Waals surface area contributed by atoms with Crippen molar-refractivity contribution in [2.45, 2.75) is 12.5 Å². The van der Waals surface area contributed by atoms with E-state index in [1.165, 1.54) is 44.4 Å². The lowest BCUT2D eigenvalue weighted by molar-refractivity contribution is -0.145. The zero-order chi connectivity index (χ0) is 15.5. The summed E-state index contributed by atoms with van der Waals surface area (Å²) in [7, 11) is 1.23. The van der Waals surface area contributed by atoms with Gasteiger partial charge < -0.3 is 10.1 Å². The van der Waals surface area contributed by atoms with Crippen molar-refractivity contribution in [3.05, 3.63) is 59.9 Å². The lowest BCUT2D eigenvalue weighted by atomic mass is 9.96. The number of halogens is 2. The van der Waals surface area contributed by atoms with Crippen molar-refractivity contribution in [3.8, 4) is 0 Å². The molecule has 1 unspecified atom stereocenters. The van der Waals surface area contributed by atoms with Crippen molar-refractivity contribution in [1.82, 2.24) is 4.98 Å². The van der Waals surface area contributed by atoms with Crippen molar-refractivity contribution < 1.29 is 18.3 Å². The number of hydrogen-bond acceptors (Lipinski definition) is 4. The number of carbonyl (C=O) groups is 1. The van der Waals surface area contributed by atoms with E-state index in [0.29, 0.717) is 5.69 Å². The molecule has 110 valence electrons. The van der Waals surface area contributed by atoms with Crippen LogP contribution in [-0.4, -0.2) is 18.1 Å². The van der Waals surface area contributed by atoms with Crippen molar-refractivity contribution >= 4 is 11.7 Å². The minimum Gasteiger partial charge on any atom is -0.467 e. The van der Waals surface area contributed by atoms with Crippen molar-refractivity contribution in [2.24, 2.45) is 0 Å². The molecule has 2 aromatic rings. The molecule has 1 aromatic heterocycles. The SMILES string of the molecule is COC(=O)C(C)(Nc1cccc(F)c1)c1ccc(F)cn1. The number of rotatable bonds is 4. The average Bonchev–Trinajstić information content (AvgIpc) is 2.46. The third-order valence-electron chi connectivity index (χ3n) is 3.05. The highest BCUT2D eigenvalue weighted by Gasteiger charge is 2.38. The summed E-state index contributed by atoms with van der Waals surface area (Å²) in [4.78, 5) is 16.0. The second-order valence-corrected chi connectivity index (χ2v) is 4.61. The van der Waals surface area contributed by atoms with Crippen LogP contribution in [0.5, 0.6) is 0 Å². The molecule has 1 heterocycles. The number of carbonyl (C=O) groups excluding carboxylic acids is 1. The Morgan fingerprint density at radius 2 is 2.00 bits per heavy atom. The second kappa shape index (κ2) is 5.87. The van der Waals surface area contributed by atoms with Crippen LogP contribution >= 0.6 is 0 Å². The smallest absolute Gasteiger partial charge is 0.337 e. The van der Waals surface area contributed by atoms with Gasteiger partial charge in [-0.05, 0) is 37.3 Å². The van der Waals surface area contributed by atoms with Crippen LogP contribution in [-0.2, 0) is 15.1 Å². The van der Waals surface area contributed by atoms with Crippen LogP contribution in [0.4, 0.5) is 14.5 Å². The Kier molecular flexibility index (Phi) is 4.16. The molecule has 0 saturated carbocycles. The Morgan fingerprint density at radius 3 is 2.57 bits per heavy atom. The summed E-state index contributed by atoms with van der Waals surface area (Å²) in [5.74, 6) is -1.58. The average molecular weight is 292 g/mol. The fraction of sp³-hybridized carbons (Fsp3) is 0.200. The zero-order valence-corrected chi connectivity index (χ0v) is 11.6. The number of hydrogen-bond donors (Lipinski definition) is 1. The Hall–Kier alpha value is -2.50. The normalized spacial score (nSPS) is 13.3. The van der Waals surface area contributed by atoms with Gasteiger partial charge in [0, 0.05) is 5.69 Å². The maximum Gasteiger partial charge on any atom is 0.337 e. The largest absolute Gasteiger partial charge is 0.467 e. The van der Waals surface area contributed by atoms with E-state index in [1.54, 1.807) is 6.07 Å². The summed E-state index contributed by atoms with van der Waals surface area (Å²) in [5, 5.41) is 2.88. The van der Waals surface area contributed by atoms with Gasteiger partial charge in [0.15, 0.2) is 5.54 Å². The predicted molar refractivity (Wildman–Crippen MR) is 73.6 cm³/mol. The second-order valence-electron chi connectivity index (χ2n) is 4.61. The van der Waals surface area contributed by atoms with Gasteiger partial charge in [0.1, 0.15) is 11.6 Å². The van der Waals surface area contributed by atoms with E-state index in [9.17, 15) is 13.6 Å². The maximum atomic E-state index is 13.3. The lowest BCUT2D eigenvalue weighted by Gasteiger charge is -2.28. The van der Waals surface area contributed by atoms with E-state index in [2.05, 4.69) is 10.3 Å². The molecule has 0 bridgehead atoms. The number of nitrogens with zero attached hydrogens (tertiary/aromatic N) is 1. The molecule has 1 aromatic carbocycles. The number of benzene rings is 1. The van der Waals surface area contributed by atoms with E-state index in [4.69, 9.17) is 4.74 Å². The maximum absolute atomic E-state index is 13.3. The molecular weight excluding hydrogens is 278 g/mol. The first kappa shape index (κ1) is 14.9. The number of ether oxygens (including phenoxy) is 1. The lowest BCUT2D eigenvalue weighted by Crippen LogP contribution is -2.42. The number of methoxy groups -OCH3 is 1. The van der Waals surface area contributed by atoms with E-state index in [-0.39, 0.29) is 5.69 Å². The van der Waals surface area contributed by atoms with Crippen molar-refractivity contribution in [3.63, 3.8) is 0 Å². The quantitative estimate of drug-likeness (QED) is 0.880. The van der Waals surface area contributed by atoms with E-state index < -0.39 is 23.1 Å². The molecule has 0 saturated heterocycles. The van der Waals surface area contributed by atoms with E-state index >= 15 is 0 Å². The molecule has 0 spiro atoms. The third-order valence-corrected chi connectivity index (χ3v) is 3.05. The highest BCUT2D eigenvalue weighted by molar-refractivity contribution is 5.85. The van der Waals surface area contributed by atoms with Crippen molar-refractivity contribution in [1.29, 1.82) is 0 Å². The van der Waals surface area contributed by atoms with Crippen LogP contribution in [0.1, 0.15) is 12.6 Å². The molecule has 2 rings (SSSR count). The minimum absolute atomic E-state index is 0.264. The molecule has 21 heavy (non-hydrogen) atoms. The van der Waals surface area contributed by atoms with Crippen LogP contribution in [0, 0.1) is 11.6 Å². The third kappa shape index (κ3) is 3.16. The molecule has 1 N–H and O–H groups in total. The van der Waals surface area contributed by atoms with Gasteiger partial charge >= 0.3 is 5.97 Å². The van der Waals surface area contributed by atoms with Gasteiger partial charge in [-0.1, -0.05) is 6.07 Å². The molecule has 6 heteroatoms. The first-order chi connectivity index (χ1) is 9.95. The summed E-state index contributed by atoms with van der Waals surface area (Å²) in [6, 6.07) is 8.21. The van der Waals surface area contributed by atoms with Gasteiger partial charge in [0.05, 0.1) is 19.0 Å². The van der Waals surface area contributed by atoms with Crippen LogP contribution in [0.25, 0.3) is 0 Å². The minimum atomic E-state index is -1.36. The van der Waals surface area contributed by atoms with E-state index in [1.807, 2.05) is 0 Å². The summed E-state index contributed by atoms with van der Waals surface area (Å²) in [6.07, 6.45) is 1.00. The molecule has 0 amide bonds. The first-order valence-corrected chi connectivity index (χ1v) is 6.20. The highest BCUT2D eigenvalue weighted by Crippen LogP contribution is 2.26. The fourth-order valence-corrected chi connectivity index (χ4v) is 1.95. The summed E-state index contributed by atoms with van der Waals surface area (Å²) < 4.78 is 31.0. The molecule has 0 fully saturated rings. The summed E-state index contributed by atoms with van der Waals surface area (Å²) in [6.45, 7) is 1.53. The molecule has 1 atom stereocenters. The number of esters is 1. The molecule has 4 nitrogen and oxygen atoms in total. The van der Waals surface area contributed by atoms with Crippen LogP contribution in [0.2, 0.25) is 0 Å². The van der Waals surface area contributed by atoms with Crippen LogP contribution < -0.4 is 5.32 Å². The Labute approximate surface area is 120 Å². The molecule has 0 aliphatic heterocycles. The van der Waals surface area contributed by atoms with Crippen molar-refractivity contribution in [2.75, 3.05) is 12.4 Å². The zero-order valence-electron chi connectivity index (χ0n) is 11.6. The molecule has 0 aliphatic carbocycles.